The van der Waals surface area contributed by atoms with Gasteiger partial charge in [-0.3, -0.25) is 4.79 Å². The highest BCUT2D eigenvalue weighted by Gasteiger charge is 2.32. The monoisotopic (exact) mass is 376 g/mol. The van der Waals surface area contributed by atoms with Crippen molar-refractivity contribution in [2.45, 2.75) is 20.3 Å². The Hall–Kier alpha value is -3.23. The molecule has 2 amide bonds. The lowest BCUT2D eigenvalue weighted by Crippen LogP contribution is -2.51. The van der Waals surface area contributed by atoms with Crippen LogP contribution in [-0.4, -0.2) is 49.3 Å². The van der Waals surface area contributed by atoms with Crippen LogP contribution in [0.1, 0.15) is 30.6 Å². The van der Waals surface area contributed by atoms with Gasteiger partial charge in [0.15, 0.2) is 5.70 Å². The third-order valence-corrected chi connectivity index (χ3v) is 3.60. The Kier molecular flexibility index (Phi) is 7.48. The lowest BCUT2D eigenvalue weighted by Gasteiger charge is -2.28. The molecular formula is C18H24N4O5. The Balaban J connectivity index is 2.47. The van der Waals surface area contributed by atoms with Crippen LogP contribution in [-0.2, 0) is 9.47 Å². The normalized spacial score (nSPS) is 12.9. The van der Waals surface area contributed by atoms with Crippen molar-refractivity contribution in [3.63, 3.8) is 0 Å². The van der Waals surface area contributed by atoms with Crippen LogP contribution < -0.4 is 16.1 Å². The van der Waals surface area contributed by atoms with E-state index in [1.54, 1.807) is 44.2 Å². The van der Waals surface area contributed by atoms with Crippen LogP contribution >= 0.6 is 0 Å². The van der Waals surface area contributed by atoms with Gasteiger partial charge in [0.1, 0.15) is 5.82 Å². The minimum Gasteiger partial charge on any atom is -0.449 e. The molecule has 3 N–H and O–H groups in total. The second-order valence-electron chi connectivity index (χ2n) is 5.49. The quantitative estimate of drug-likeness (QED) is 0.408. The summed E-state index contributed by atoms with van der Waals surface area (Å²) in [5.41, 5.74) is 2.57. The number of Topliss-reactive ketones (excluding diaryl/α,β-unsaturated/α-hetero) is 1. The standard InChI is InChI=1S/C18H24N4O5/c1-3-26-17(24)21-22(18(25)27-4-2)14(16-19-11-8-12-20-16)15(23)13-9-6-5-7-10-13/h5-7,9-10,19-20H,3-4,8,11-12H2,1-2H3,(H,21,24). The number of ketones is 1. The summed E-state index contributed by atoms with van der Waals surface area (Å²) in [5.74, 6) is -0.127. The van der Waals surface area contributed by atoms with Gasteiger partial charge < -0.3 is 20.1 Å². The minimum absolute atomic E-state index is 0.0723. The molecule has 0 radical (unpaired) electrons. The molecule has 0 aliphatic carbocycles. The molecule has 27 heavy (non-hydrogen) atoms. The molecule has 146 valence electrons. The Labute approximate surface area is 157 Å². The fourth-order valence-corrected chi connectivity index (χ4v) is 2.43. The number of hydrogen-bond donors (Lipinski definition) is 3. The molecular weight excluding hydrogens is 352 g/mol. The highest BCUT2D eigenvalue weighted by Crippen LogP contribution is 2.16. The molecule has 1 aliphatic heterocycles. The van der Waals surface area contributed by atoms with Crippen LogP contribution in [0.4, 0.5) is 9.59 Å². The smallest absolute Gasteiger partial charge is 0.433 e. The van der Waals surface area contributed by atoms with E-state index < -0.39 is 18.0 Å². The summed E-state index contributed by atoms with van der Waals surface area (Å²) in [6.07, 6.45) is -0.923. The molecule has 0 unspecified atom stereocenters. The molecule has 0 atom stereocenters. The number of allylic oxidation sites excluding steroid dienone is 1. The fraction of sp³-hybridized carbons (Fsp3) is 0.389. The molecule has 0 aromatic heterocycles. The van der Waals surface area contributed by atoms with Crippen LogP contribution in [0, 0.1) is 0 Å². The molecule has 9 nitrogen and oxygen atoms in total. The average molecular weight is 376 g/mol. The Bertz CT molecular complexity index is 697. The van der Waals surface area contributed by atoms with Crippen molar-refractivity contribution in [3.05, 3.63) is 47.4 Å². The fourth-order valence-electron chi connectivity index (χ4n) is 2.43. The molecule has 1 aliphatic rings. The van der Waals surface area contributed by atoms with Crippen LogP contribution in [0.15, 0.2) is 41.8 Å². The summed E-state index contributed by atoms with van der Waals surface area (Å²) in [7, 11) is 0. The number of ether oxygens (including phenoxy) is 2. The number of hydrazine groups is 1. The molecule has 2 rings (SSSR count). The third kappa shape index (κ3) is 5.37. The maximum absolute atomic E-state index is 13.2. The van der Waals surface area contributed by atoms with Gasteiger partial charge in [-0.1, -0.05) is 30.3 Å². The minimum atomic E-state index is -0.897. The molecule has 1 aromatic rings. The van der Waals surface area contributed by atoms with E-state index in [0.29, 0.717) is 24.5 Å². The summed E-state index contributed by atoms with van der Waals surface area (Å²) in [6, 6.07) is 8.45. The first kappa shape index (κ1) is 20.1. The maximum atomic E-state index is 13.2. The van der Waals surface area contributed by atoms with Gasteiger partial charge in [0.25, 0.3) is 0 Å². The topological polar surface area (TPSA) is 109 Å². The number of nitrogens with zero attached hydrogens (tertiary/aromatic N) is 1. The van der Waals surface area contributed by atoms with Crippen molar-refractivity contribution in [2.75, 3.05) is 26.3 Å². The zero-order chi connectivity index (χ0) is 19.6. The number of benzene rings is 1. The van der Waals surface area contributed by atoms with Gasteiger partial charge in [-0.05, 0) is 20.3 Å². The maximum Gasteiger partial charge on any atom is 0.433 e. The molecule has 0 saturated carbocycles. The highest BCUT2D eigenvalue weighted by molar-refractivity contribution is 6.10. The summed E-state index contributed by atoms with van der Waals surface area (Å²) in [4.78, 5) is 37.6. The van der Waals surface area contributed by atoms with Crippen LogP contribution in [0.2, 0.25) is 0 Å². The molecule has 0 bridgehead atoms. The van der Waals surface area contributed by atoms with Crippen molar-refractivity contribution in [1.82, 2.24) is 21.1 Å². The molecule has 9 heteroatoms. The summed E-state index contributed by atoms with van der Waals surface area (Å²) in [6.45, 7) is 4.67. The van der Waals surface area contributed by atoms with Crippen molar-refractivity contribution < 1.29 is 23.9 Å². The summed E-state index contributed by atoms with van der Waals surface area (Å²) < 4.78 is 9.87. The van der Waals surface area contributed by atoms with E-state index in [1.165, 1.54) is 0 Å². The van der Waals surface area contributed by atoms with E-state index in [-0.39, 0.29) is 18.9 Å². The van der Waals surface area contributed by atoms with Gasteiger partial charge in [0.2, 0.25) is 5.78 Å². The van der Waals surface area contributed by atoms with E-state index in [2.05, 4.69) is 16.1 Å². The number of carbonyl (C=O) groups is 3. The lowest BCUT2D eigenvalue weighted by atomic mass is 10.1. The number of amides is 2. The summed E-state index contributed by atoms with van der Waals surface area (Å²) >= 11 is 0. The van der Waals surface area contributed by atoms with E-state index in [4.69, 9.17) is 9.47 Å². The van der Waals surface area contributed by atoms with E-state index in [0.717, 1.165) is 11.4 Å². The van der Waals surface area contributed by atoms with E-state index in [9.17, 15) is 14.4 Å². The van der Waals surface area contributed by atoms with E-state index in [1.807, 2.05) is 0 Å². The van der Waals surface area contributed by atoms with Gasteiger partial charge in [-0.15, -0.1) is 0 Å². The molecule has 1 fully saturated rings. The second-order valence-corrected chi connectivity index (χ2v) is 5.49. The van der Waals surface area contributed by atoms with Gasteiger partial charge in [0, 0.05) is 18.7 Å². The number of carbonyl (C=O) groups excluding carboxylic acids is 3. The third-order valence-electron chi connectivity index (χ3n) is 3.60. The van der Waals surface area contributed by atoms with Crippen LogP contribution in [0.25, 0.3) is 0 Å². The first-order valence-corrected chi connectivity index (χ1v) is 8.80. The zero-order valence-electron chi connectivity index (χ0n) is 15.4. The number of nitrogens with one attached hydrogen (secondary N) is 3. The number of hydrogen-bond acceptors (Lipinski definition) is 7. The SMILES string of the molecule is CCOC(=O)NN(C(=O)OCC)C(C(=O)c1ccccc1)=C1NCCCN1. The Morgan fingerprint density at radius 3 is 2.26 bits per heavy atom. The number of rotatable bonds is 5. The summed E-state index contributed by atoms with van der Waals surface area (Å²) in [5, 5.41) is 6.89. The zero-order valence-corrected chi connectivity index (χ0v) is 15.4. The first-order valence-electron chi connectivity index (χ1n) is 8.80. The average Bonchev–Trinajstić information content (AvgIpc) is 2.69. The largest absolute Gasteiger partial charge is 0.449 e. The molecule has 1 heterocycles. The second kappa shape index (κ2) is 10.0. The van der Waals surface area contributed by atoms with Crippen LogP contribution in [0.5, 0.6) is 0 Å². The highest BCUT2D eigenvalue weighted by atomic mass is 16.6. The Morgan fingerprint density at radius 2 is 1.67 bits per heavy atom. The molecule has 0 spiro atoms. The van der Waals surface area contributed by atoms with Gasteiger partial charge in [-0.25, -0.2) is 15.0 Å². The van der Waals surface area contributed by atoms with Crippen molar-refractivity contribution in [2.24, 2.45) is 0 Å². The van der Waals surface area contributed by atoms with Gasteiger partial charge in [-0.2, -0.15) is 5.01 Å². The lowest BCUT2D eigenvalue weighted by molar-refractivity contribution is 0.0776. The molecule has 1 saturated heterocycles. The first-order chi connectivity index (χ1) is 13.1. The Morgan fingerprint density at radius 1 is 1.04 bits per heavy atom. The van der Waals surface area contributed by atoms with Crippen molar-refractivity contribution >= 4 is 18.0 Å². The predicted molar refractivity (Wildman–Crippen MR) is 97.4 cm³/mol. The van der Waals surface area contributed by atoms with Gasteiger partial charge >= 0.3 is 12.2 Å². The predicted octanol–water partition coefficient (Wildman–Crippen LogP) is 1.74. The van der Waals surface area contributed by atoms with Crippen LogP contribution in [0.3, 0.4) is 0 Å². The van der Waals surface area contributed by atoms with Gasteiger partial charge in [0.05, 0.1) is 13.2 Å². The van der Waals surface area contributed by atoms with E-state index >= 15 is 0 Å². The van der Waals surface area contributed by atoms with Crippen molar-refractivity contribution in [1.29, 1.82) is 0 Å². The molecule has 1 aromatic carbocycles. The van der Waals surface area contributed by atoms with Crippen molar-refractivity contribution in [3.8, 4) is 0 Å².